The van der Waals surface area contributed by atoms with Crippen molar-refractivity contribution in [3.63, 3.8) is 0 Å². The minimum Gasteiger partial charge on any atom is -0.267 e. The second-order valence-electron chi connectivity index (χ2n) is 5.41. The first-order chi connectivity index (χ1) is 11.3. The maximum absolute atomic E-state index is 12.5. The monoisotopic (exact) mass is 328 g/mol. The number of amides is 1. The standard InChI is InChI=1S/C18H18ClN3O/c19-10-3-4-11-21-12-5-7-16(14-21)18(23)20-22-13-9-15-6-1-2-8-17(15)22/h1-2,5-9,12-14H,3-4,10-11H2/p+1. The van der Waals surface area contributed by atoms with E-state index in [-0.39, 0.29) is 5.91 Å². The number of halogens is 1. The predicted molar refractivity (Wildman–Crippen MR) is 92.2 cm³/mol. The van der Waals surface area contributed by atoms with Crippen molar-refractivity contribution in [3.8, 4) is 0 Å². The fourth-order valence-corrected chi connectivity index (χ4v) is 2.73. The lowest BCUT2D eigenvalue weighted by molar-refractivity contribution is -0.697. The molecule has 5 heteroatoms. The summed E-state index contributed by atoms with van der Waals surface area (Å²) in [5.74, 6) is 0.541. The molecule has 0 bridgehead atoms. The average Bonchev–Trinajstić information content (AvgIpc) is 2.99. The van der Waals surface area contributed by atoms with Gasteiger partial charge < -0.3 is 0 Å². The first-order valence-corrected chi connectivity index (χ1v) is 8.24. The zero-order valence-electron chi connectivity index (χ0n) is 12.8. The van der Waals surface area contributed by atoms with Crippen LogP contribution in [0, 0.1) is 0 Å². The van der Waals surface area contributed by atoms with E-state index >= 15 is 0 Å². The Morgan fingerprint density at radius 2 is 2.00 bits per heavy atom. The molecule has 0 atom stereocenters. The summed E-state index contributed by atoms with van der Waals surface area (Å²) in [5, 5.41) is 1.09. The summed E-state index contributed by atoms with van der Waals surface area (Å²) in [7, 11) is 0. The molecule has 0 unspecified atom stereocenters. The molecule has 2 aromatic heterocycles. The van der Waals surface area contributed by atoms with Gasteiger partial charge in [-0.3, -0.25) is 14.9 Å². The number of hydrogen-bond donors (Lipinski definition) is 1. The number of hydrogen-bond acceptors (Lipinski definition) is 1. The van der Waals surface area contributed by atoms with Crippen molar-refractivity contribution in [3.05, 3.63) is 66.6 Å². The fourth-order valence-electron chi connectivity index (χ4n) is 2.54. The molecule has 4 nitrogen and oxygen atoms in total. The van der Waals surface area contributed by atoms with Crippen LogP contribution in [0.2, 0.25) is 0 Å². The van der Waals surface area contributed by atoms with E-state index in [4.69, 9.17) is 11.6 Å². The largest absolute Gasteiger partial charge is 0.276 e. The van der Waals surface area contributed by atoms with Crippen molar-refractivity contribution in [2.45, 2.75) is 19.4 Å². The van der Waals surface area contributed by atoms with Crippen LogP contribution >= 0.6 is 11.6 Å². The Hall–Kier alpha value is -2.33. The summed E-state index contributed by atoms with van der Waals surface area (Å²) in [4.78, 5) is 12.5. The van der Waals surface area contributed by atoms with Gasteiger partial charge in [-0.2, -0.15) is 0 Å². The van der Waals surface area contributed by atoms with Gasteiger partial charge in [0, 0.05) is 30.0 Å². The molecule has 1 aromatic carbocycles. The van der Waals surface area contributed by atoms with Gasteiger partial charge in [0.05, 0.1) is 5.52 Å². The minimum atomic E-state index is -0.127. The summed E-state index contributed by atoms with van der Waals surface area (Å²) < 4.78 is 3.78. The van der Waals surface area contributed by atoms with Crippen LogP contribution in [0.5, 0.6) is 0 Å². The number of rotatable bonds is 6. The lowest BCUT2D eigenvalue weighted by Gasteiger charge is -2.07. The Balaban J connectivity index is 1.74. The van der Waals surface area contributed by atoms with E-state index in [1.165, 1.54) is 0 Å². The van der Waals surface area contributed by atoms with Crippen molar-refractivity contribution in [1.29, 1.82) is 0 Å². The van der Waals surface area contributed by atoms with Crippen molar-refractivity contribution in [1.82, 2.24) is 4.68 Å². The van der Waals surface area contributed by atoms with Gasteiger partial charge in [0.15, 0.2) is 12.4 Å². The third-order valence-corrected chi connectivity index (χ3v) is 4.01. The van der Waals surface area contributed by atoms with Crippen molar-refractivity contribution in [2.24, 2.45) is 0 Å². The van der Waals surface area contributed by atoms with Gasteiger partial charge in [-0.15, -0.1) is 11.6 Å². The smallest absolute Gasteiger partial charge is 0.267 e. The summed E-state index contributed by atoms with van der Waals surface area (Å²) in [6.45, 7) is 0.861. The van der Waals surface area contributed by atoms with Gasteiger partial charge in [-0.25, -0.2) is 4.57 Å². The minimum absolute atomic E-state index is 0.127. The lowest BCUT2D eigenvalue weighted by atomic mass is 10.2. The predicted octanol–water partition coefficient (Wildman–Crippen LogP) is 3.33. The Kier molecular flexibility index (Phi) is 4.93. The molecule has 0 saturated heterocycles. The Morgan fingerprint density at radius 1 is 1.13 bits per heavy atom. The van der Waals surface area contributed by atoms with Crippen LogP contribution in [0.15, 0.2) is 61.1 Å². The highest BCUT2D eigenvalue weighted by Crippen LogP contribution is 2.13. The number of nitrogens with one attached hydrogen (secondary N) is 1. The fraction of sp³-hybridized carbons (Fsp3) is 0.222. The number of nitrogens with zero attached hydrogens (tertiary/aromatic N) is 2. The Bertz CT molecular complexity index is 813. The van der Waals surface area contributed by atoms with Crippen LogP contribution in [0.3, 0.4) is 0 Å². The highest BCUT2D eigenvalue weighted by Gasteiger charge is 2.11. The number of para-hydroxylation sites is 1. The van der Waals surface area contributed by atoms with Gasteiger partial charge in [0.25, 0.3) is 5.91 Å². The highest BCUT2D eigenvalue weighted by atomic mass is 35.5. The number of alkyl halides is 1. The molecule has 0 aliphatic rings. The average molecular weight is 329 g/mol. The van der Waals surface area contributed by atoms with Crippen molar-refractivity contribution in [2.75, 3.05) is 11.3 Å². The Morgan fingerprint density at radius 3 is 2.87 bits per heavy atom. The molecule has 23 heavy (non-hydrogen) atoms. The van der Waals surface area contributed by atoms with Crippen molar-refractivity contribution >= 4 is 28.4 Å². The third kappa shape index (κ3) is 3.71. The van der Waals surface area contributed by atoms with E-state index in [2.05, 4.69) is 5.43 Å². The molecule has 0 radical (unpaired) electrons. The maximum atomic E-state index is 12.5. The van der Waals surface area contributed by atoms with E-state index < -0.39 is 0 Å². The number of carbonyl (C=O) groups is 1. The van der Waals surface area contributed by atoms with E-state index in [0.717, 1.165) is 30.3 Å². The second-order valence-corrected chi connectivity index (χ2v) is 5.79. The van der Waals surface area contributed by atoms with E-state index in [1.807, 2.05) is 65.6 Å². The molecule has 3 rings (SSSR count). The number of aryl methyl sites for hydroxylation is 1. The zero-order chi connectivity index (χ0) is 16.1. The van der Waals surface area contributed by atoms with E-state index in [1.54, 1.807) is 4.68 Å². The van der Waals surface area contributed by atoms with E-state index in [0.29, 0.717) is 11.4 Å². The number of pyridine rings is 1. The number of aromatic nitrogens is 2. The molecule has 2 heterocycles. The van der Waals surface area contributed by atoms with Crippen LogP contribution in [0.25, 0.3) is 10.9 Å². The molecule has 1 amide bonds. The summed E-state index contributed by atoms with van der Waals surface area (Å²) >= 11 is 5.70. The van der Waals surface area contributed by atoms with Crippen LogP contribution < -0.4 is 9.99 Å². The maximum Gasteiger partial charge on any atom is 0.276 e. The first-order valence-electron chi connectivity index (χ1n) is 7.70. The summed E-state index contributed by atoms with van der Waals surface area (Å²) in [6, 6.07) is 13.6. The molecule has 3 aromatic rings. The van der Waals surface area contributed by atoms with Crippen LogP contribution in [-0.4, -0.2) is 16.5 Å². The molecule has 0 saturated carbocycles. The van der Waals surface area contributed by atoms with Crippen LogP contribution in [0.4, 0.5) is 0 Å². The summed E-state index contributed by atoms with van der Waals surface area (Å²) in [6.07, 6.45) is 7.67. The van der Waals surface area contributed by atoms with Gasteiger partial charge >= 0.3 is 0 Å². The quantitative estimate of drug-likeness (QED) is 0.421. The van der Waals surface area contributed by atoms with Gasteiger partial charge in [0.1, 0.15) is 12.1 Å². The molecule has 0 spiro atoms. The van der Waals surface area contributed by atoms with Crippen LogP contribution in [0.1, 0.15) is 23.2 Å². The molecule has 1 N–H and O–H groups in total. The molecular formula is C18H19ClN3O+. The topological polar surface area (TPSA) is 37.9 Å². The molecule has 118 valence electrons. The van der Waals surface area contributed by atoms with Gasteiger partial charge in [-0.1, -0.05) is 18.2 Å². The van der Waals surface area contributed by atoms with Crippen molar-refractivity contribution < 1.29 is 9.36 Å². The van der Waals surface area contributed by atoms with E-state index in [9.17, 15) is 4.79 Å². The third-order valence-electron chi connectivity index (χ3n) is 3.74. The molecule has 0 aliphatic heterocycles. The molecule has 0 aliphatic carbocycles. The molecular weight excluding hydrogens is 310 g/mol. The second kappa shape index (κ2) is 7.29. The highest BCUT2D eigenvalue weighted by molar-refractivity contribution is 6.17. The SMILES string of the molecule is O=C(Nn1ccc2ccccc21)c1ccc[n+](CCCCCl)c1. The van der Waals surface area contributed by atoms with Gasteiger partial charge in [-0.05, 0) is 24.6 Å². The lowest BCUT2D eigenvalue weighted by Crippen LogP contribution is -2.35. The Labute approximate surface area is 140 Å². The first kappa shape index (κ1) is 15.6. The summed E-state index contributed by atoms with van der Waals surface area (Å²) in [5.41, 5.74) is 4.53. The molecule has 0 fully saturated rings. The normalized spacial score (nSPS) is 10.8. The van der Waals surface area contributed by atoms with Gasteiger partial charge in [0.2, 0.25) is 0 Å². The number of fused-ring (bicyclic) bond motifs is 1. The number of carbonyl (C=O) groups excluding carboxylic acids is 1. The van der Waals surface area contributed by atoms with Crippen LogP contribution in [-0.2, 0) is 6.54 Å². The number of benzene rings is 1. The number of unbranched alkanes of at least 4 members (excludes halogenated alkanes) is 1. The zero-order valence-corrected chi connectivity index (χ0v) is 13.5.